The summed E-state index contributed by atoms with van der Waals surface area (Å²) < 4.78 is 5.53. The number of nitrogens with zero attached hydrogens (tertiary/aromatic N) is 1. The molecular formula is C13H14N2O3. The van der Waals surface area contributed by atoms with E-state index in [0.29, 0.717) is 30.8 Å². The number of morpholine rings is 1. The van der Waals surface area contributed by atoms with Gasteiger partial charge in [0.05, 0.1) is 30.4 Å². The maximum absolute atomic E-state index is 12.1. The molecule has 0 saturated carbocycles. The van der Waals surface area contributed by atoms with Crippen molar-refractivity contribution < 1.29 is 14.3 Å². The minimum Gasteiger partial charge on any atom is -0.374 e. The molecule has 0 spiro atoms. The number of carbonyl (C=O) groups is 2. The summed E-state index contributed by atoms with van der Waals surface area (Å²) in [5.41, 5.74) is 0.984. The Morgan fingerprint density at radius 2 is 1.89 bits per heavy atom. The Bertz CT molecular complexity index is 460. The summed E-state index contributed by atoms with van der Waals surface area (Å²) in [7, 11) is 0. The van der Waals surface area contributed by atoms with E-state index in [-0.39, 0.29) is 17.9 Å². The second-order valence-electron chi connectivity index (χ2n) is 4.46. The fraction of sp³-hybridized carbons (Fsp3) is 0.385. The molecule has 2 aliphatic rings. The van der Waals surface area contributed by atoms with Gasteiger partial charge in [-0.05, 0) is 12.1 Å². The maximum atomic E-state index is 12.1. The molecule has 0 aliphatic carbocycles. The number of amides is 2. The quantitative estimate of drug-likeness (QED) is 0.761. The minimum absolute atomic E-state index is 0.110. The highest BCUT2D eigenvalue weighted by Gasteiger charge is 2.36. The molecule has 1 atom stereocenters. The molecule has 1 aromatic rings. The van der Waals surface area contributed by atoms with Crippen molar-refractivity contribution in [3.05, 3.63) is 35.4 Å². The Kier molecular flexibility index (Phi) is 2.85. The lowest BCUT2D eigenvalue weighted by Gasteiger charge is -2.26. The lowest BCUT2D eigenvalue weighted by atomic mass is 10.1. The van der Waals surface area contributed by atoms with Crippen molar-refractivity contribution in [3.8, 4) is 0 Å². The predicted molar refractivity (Wildman–Crippen MR) is 64.4 cm³/mol. The molecule has 0 bridgehead atoms. The average Bonchev–Trinajstić information content (AvgIpc) is 2.66. The van der Waals surface area contributed by atoms with Gasteiger partial charge in [0.2, 0.25) is 0 Å². The first kappa shape index (κ1) is 11.4. The second-order valence-corrected chi connectivity index (χ2v) is 4.46. The van der Waals surface area contributed by atoms with E-state index in [9.17, 15) is 9.59 Å². The first-order valence-corrected chi connectivity index (χ1v) is 6.05. The van der Waals surface area contributed by atoms with Crippen molar-refractivity contribution in [3.63, 3.8) is 0 Å². The largest absolute Gasteiger partial charge is 0.374 e. The number of fused-ring (bicyclic) bond motifs is 1. The molecule has 94 valence electrons. The maximum Gasteiger partial charge on any atom is 0.261 e. The molecule has 3 rings (SSSR count). The van der Waals surface area contributed by atoms with Crippen LogP contribution in [0.4, 0.5) is 0 Å². The number of hydrogen-bond acceptors (Lipinski definition) is 4. The van der Waals surface area contributed by atoms with E-state index >= 15 is 0 Å². The fourth-order valence-corrected chi connectivity index (χ4v) is 2.35. The molecule has 18 heavy (non-hydrogen) atoms. The summed E-state index contributed by atoms with van der Waals surface area (Å²) in [5, 5.41) is 3.19. The molecule has 1 N–H and O–H groups in total. The van der Waals surface area contributed by atoms with Gasteiger partial charge in [-0.1, -0.05) is 12.1 Å². The number of nitrogens with one attached hydrogen (secondary N) is 1. The predicted octanol–water partition coefficient (Wildman–Crippen LogP) is 0.271. The van der Waals surface area contributed by atoms with E-state index in [1.54, 1.807) is 24.3 Å². The third-order valence-electron chi connectivity index (χ3n) is 3.27. The van der Waals surface area contributed by atoms with Gasteiger partial charge < -0.3 is 10.1 Å². The first-order valence-electron chi connectivity index (χ1n) is 6.05. The number of imide groups is 1. The number of hydrogen-bond donors (Lipinski definition) is 1. The highest BCUT2D eigenvalue weighted by molar-refractivity contribution is 6.21. The summed E-state index contributed by atoms with van der Waals surface area (Å²) in [5.74, 6) is -0.436. The minimum atomic E-state index is -0.218. The van der Waals surface area contributed by atoms with E-state index in [1.807, 2.05) is 0 Å². The van der Waals surface area contributed by atoms with Gasteiger partial charge in [0.1, 0.15) is 0 Å². The topological polar surface area (TPSA) is 58.6 Å². The van der Waals surface area contributed by atoms with Gasteiger partial charge in [0.15, 0.2) is 0 Å². The molecular weight excluding hydrogens is 232 g/mol. The molecule has 2 amide bonds. The normalized spacial score (nSPS) is 23.3. The second kappa shape index (κ2) is 4.51. The lowest BCUT2D eigenvalue weighted by molar-refractivity contribution is 0.00861. The van der Waals surface area contributed by atoms with Crippen LogP contribution in [-0.2, 0) is 4.74 Å². The van der Waals surface area contributed by atoms with Crippen molar-refractivity contribution in [2.75, 3.05) is 26.2 Å². The van der Waals surface area contributed by atoms with Crippen molar-refractivity contribution >= 4 is 11.8 Å². The van der Waals surface area contributed by atoms with Gasteiger partial charge in [-0.3, -0.25) is 14.5 Å². The lowest BCUT2D eigenvalue weighted by Crippen LogP contribution is -2.46. The molecule has 0 aromatic heterocycles. The van der Waals surface area contributed by atoms with E-state index in [0.717, 1.165) is 6.54 Å². The van der Waals surface area contributed by atoms with Crippen molar-refractivity contribution in [1.82, 2.24) is 10.2 Å². The summed E-state index contributed by atoms with van der Waals surface area (Å²) in [6.07, 6.45) is -0.110. The van der Waals surface area contributed by atoms with Gasteiger partial charge in [0.25, 0.3) is 11.8 Å². The summed E-state index contributed by atoms with van der Waals surface area (Å²) in [6, 6.07) is 6.92. The molecule has 1 fully saturated rings. The molecule has 5 nitrogen and oxygen atoms in total. The van der Waals surface area contributed by atoms with Gasteiger partial charge >= 0.3 is 0 Å². The van der Waals surface area contributed by atoms with Crippen LogP contribution in [0.3, 0.4) is 0 Å². The van der Waals surface area contributed by atoms with Crippen LogP contribution in [0, 0.1) is 0 Å². The highest BCUT2D eigenvalue weighted by Crippen LogP contribution is 2.22. The van der Waals surface area contributed by atoms with Crippen molar-refractivity contribution in [2.24, 2.45) is 0 Å². The number of ether oxygens (including phenoxy) is 1. The Morgan fingerprint density at radius 3 is 2.44 bits per heavy atom. The van der Waals surface area contributed by atoms with Crippen molar-refractivity contribution in [2.45, 2.75) is 6.10 Å². The zero-order valence-corrected chi connectivity index (χ0v) is 9.89. The summed E-state index contributed by atoms with van der Waals surface area (Å²) in [4.78, 5) is 25.5. The molecule has 5 heteroatoms. The third-order valence-corrected chi connectivity index (χ3v) is 3.27. The molecule has 0 radical (unpaired) electrons. The highest BCUT2D eigenvalue weighted by atomic mass is 16.5. The van der Waals surface area contributed by atoms with Gasteiger partial charge in [-0.25, -0.2) is 0 Å². The van der Waals surface area contributed by atoms with Crippen LogP contribution in [0.25, 0.3) is 0 Å². The Balaban J connectivity index is 1.79. The van der Waals surface area contributed by atoms with Crippen LogP contribution in [0.15, 0.2) is 24.3 Å². The van der Waals surface area contributed by atoms with Crippen LogP contribution < -0.4 is 5.32 Å². The molecule has 2 aliphatic heterocycles. The summed E-state index contributed by atoms with van der Waals surface area (Å²) in [6.45, 7) is 2.43. The number of rotatable bonds is 2. The monoisotopic (exact) mass is 246 g/mol. The van der Waals surface area contributed by atoms with E-state index in [1.165, 1.54) is 4.90 Å². The van der Waals surface area contributed by atoms with E-state index in [4.69, 9.17) is 4.74 Å². The van der Waals surface area contributed by atoms with Gasteiger partial charge in [-0.2, -0.15) is 0 Å². The number of benzene rings is 1. The van der Waals surface area contributed by atoms with Crippen LogP contribution in [0.5, 0.6) is 0 Å². The SMILES string of the molecule is O=C1c2ccccc2C(=O)N1CC1CNCCO1. The molecule has 1 unspecified atom stereocenters. The zero-order valence-electron chi connectivity index (χ0n) is 9.89. The van der Waals surface area contributed by atoms with Crippen LogP contribution in [0.2, 0.25) is 0 Å². The Morgan fingerprint density at radius 1 is 1.22 bits per heavy atom. The van der Waals surface area contributed by atoms with Crippen LogP contribution in [-0.4, -0.2) is 49.1 Å². The van der Waals surface area contributed by atoms with Crippen molar-refractivity contribution in [1.29, 1.82) is 0 Å². The molecule has 1 saturated heterocycles. The fourth-order valence-electron chi connectivity index (χ4n) is 2.35. The number of carbonyl (C=O) groups excluding carboxylic acids is 2. The third kappa shape index (κ3) is 1.81. The molecule has 1 aromatic carbocycles. The molecule has 2 heterocycles. The van der Waals surface area contributed by atoms with Crippen LogP contribution in [0.1, 0.15) is 20.7 Å². The Labute approximate surface area is 105 Å². The summed E-state index contributed by atoms with van der Waals surface area (Å²) >= 11 is 0. The van der Waals surface area contributed by atoms with Crippen LogP contribution >= 0.6 is 0 Å². The standard InChI is InChI=1S/C13H14N2O3/c16-12-10-3-1-2-4-11(10)13(17)15(12)8-9-7-14-5-6-18-9/h1-4,9,14H,5-8H2. The van der Waals surface area contributed by atoms with Gasteiger partial charge in [0, 0.05) is 13.1 Å². The van der Waals surface area contributed by atoms with E-state index in [2.05, 4.69) is 5.32 Å². The average molecular weight is 246 g/mol. The first-order chi connectivity index (χ1) is 8.77. The van der Waals surface area contributed by atoms with E-state index < -0.39 is 0 Å². The zero-order chi connectivity index (χ0) is 12.5. The Hall–Kier alpha value is -1.72. The van der Waals surface area contributed by atoms with Gasteiger partial charge in [-0.15, -0.1) is 0 Å². The smallest absolute Gasteiger partial charge is 0.261 e.